The number of fused-ring (bicyclic) bond motifs is 1. The molecule has 88 valence electrons. The van der Waals surface area contributed by atoms with Crippen LogP contribution in [0.2, 0.25) is 5.02 Å². The molecule has 0 fully saturated rings. The molecule has 0 heterocycles. The molecule has 2 unspecified atom stereocenters. The van der Waals surface area contributed by atoms with E-state index in [0.29, 0.717) is 18.0 Å². The lowest BCUT2D eigenvalue weighted by Gasteiger charge is -2.34. The lowest BCUT2D eigenvalue weighted by Crippen LogP contribution is -2.35. The van der Waals surface area contributed by atoms with Gasteiger partial charge in [-0.1, -0.05) is 44.5 Å². The van der Waals surface area contributed by atoms with Crippen molar-refractivity contribution in [2.75, 3.05) is 0 Å². The van der Waals surface area contributed by atoms with Crippen LogP contribution in [0.4, 0.5) is 0 Å². The highest BCUT2D eigenvalue weighted by Gasteiger charge is 2.28. The minimum Gasteiger partial charge on any atom is -0.307 e. The van der Waals surface area contributed by atoms with Crippen LogP contribution < -0.4 is 5.32 Å². The molecule has 1 aliphatic rings. The Bertz CT molecular complexity index is 373. The van der Waals surface area contributed by atoms with Gasteiger partial charge in [0, 0.05) is 17.1 Å². The molecular weight excluding hydrogens is 218 g/mol. The highest BCUT2D eigenvalue weighted by Crippen LogP contribution is 2.38. The van der Waals surface area contributed by atoms with Crippen molar-refractivity contribution < 1.29 is 0 Å². The number of hydrogen-bond donors (Lipinski definition) is 1. The van der Waals surface area contributed by atoms with Gasteiger partial charge in [0.2, 0.25) is 0 Å². The van der Waals surface area contributed by atoms with Gasteiger partial charge in [-0.2, -0.15) is 0 Å². The summed E-state index contributed by atoms with van der Waals surface area (Å²) in [4.78, 5) is 0. The molecule has 0 saturated heterocycles. The number of rotatable bonds is 2. The van der Waals surface area contributed by atoms with E-state index in [4.69, 9.17) is 11.6 Å². The van der Waals surface area contributed by atoms with Gasteiger partial charge in [-0.05, 0) is 36.0 Å². The van der Waals surface area contributed by atoms with Crippen LogP contribution in [-0.4, -0.2) is 6.04 Å². The number of aryl methyl sites for hydroxylation is 1. The number of halogens is 1. The number of nitrogens with one attached hydrogen (secondary N) is 1. The summed E-state index contributed by atoms with van der Waals surface area (Å²) >= 11 is 6.35. The molecule has 0 amide bonds. The van der Waals surface area contributed by atoms with Gasteiger partial charge in [0.15, 0.2) is 0 Å². The monoisotopic (exact) mass is 237 g/mol. The predicted molar refractivity (Wildman–Crippen MR) is 69.9 cm³/mol. The first kappa shape index (κ1) is 11.9. The molecule has 1 aliphatic carbocycles. The molecule has 0 bridgehead atoms. The molecule has 0 saturated carbocycles. The van der Waals surface area contributed by atoms with Crippen LogP contribution in [0.15, 0.2) is 18.2 Å². The van der Waals surface area contributed by atoms with E-state index in [1.54, 1.807) is 0 Å². The second-order valence-corrected chi connectivity index (χ2v) is 5.53. The summed E-state index contributed by atoms with van der Waals surface area (Å²) in [6.07, 6.45) is 2.41. The third kappa shape index (κ3) is 2.26. The van der Waals surface area contributed by atoms with E-state index in [1.807, 2.05) is 6.07 Å². The molecule has 0 spiro atoms. The van der Waals surface area contributed by atoms with Crippen LogP contribution in [0.5, 0.6) is 0 Å². The summed E-state index contributed by atoms with van der Waals surface area (Å²) in [5.41, 5.74) is 2.75. The van der Waals surface area contributed by atoms with Crippen molar-refractivity contribution in [2.24, 2.45) is 5.92 Å². The van der Waals surface area contributed by atoms with Crippen molar-refractivity contribution in [3.05, 3.63) is 34.3 Å². The van der Waals surface area contributed by atoms with Crippen molar-refractivity contribution in [2.45, 2.75) is 45.7 Å². The third-order valence-electron chi connectivity index (χ3n) is 3.41. The molecule has 1 aromatic carbocycles. The van der Waals surface area contributed by atoms with E-state index in [0.717, 1.165) is 11.4 Å². The van der Waals surface area contributed by atoms with Crippen LogP contribution in [0.25, 0.3) is 0 Å². The van der Waals surface area contributed by atoms with Gasteiger partial charge >= 0.3 is 0 Å². The van der Waals surface area contributed by atoms with E-state index < -0.39 is 0 Å². The largest absolute Gasteiger partial charge is 0.307 e. The average Bonchev–Trinajstić information content (AvgIpc) is 2.22. The SMILES string of the molecule is CC(C)NC1c2c(Cl)cccc2CCC1C. The predicted octanol–water partition coefficient (Wildman–Crippen LogP) is 3.96. The van der Waals surface area contributed by atoms with Crippen LogP contribution in [-0.2, 0) is 6.42 Å². The minimum absolute atomic E-state index is 0.414. The first-order valence-corrected chi connectivity index (χ1v) is 6.50. The Morgan fingerprint density at radius 1 is 1.38 bits per heavy atom. The topological polar surface area (TPSA) is 12.0 Å². The van der Waals surface area contributed by atoms with Crippen LogP contribution >= 0.6 is 11.6 Å². The van der Waals surface area contributed by atoms with Gasteiger partial charge in [0.25, 0.3) is 0 Å². The quantitative estimate of drug-likeness (QED) is 0.821. The fourth-order valence-corrected chi connectivity index (χ4v) is 2.90. The van der Waals surface area contributed by atoms with Gasteiger partial charge in [-0.25, -0.2) is 0 Å². The van der Waals surface area contributed by atoms with E-state index in [1.165, 1.54) is 17.5 Å². The van der Waals surface area contributed by atoms with Crippen LogP contribution in [0.1, 0.15) is 44.4 Å². The number of benzene rings is 1. The molecular formula is C14H20ClN. The van der Waals surface area contributed by atoms with Gasteiger partial charge < -0.3 is 5.32 Å². The molecule has 1 aromatic rings. The second kappa shape index (κ2) is 4.77. The Hall–Kier alpha value is -0.530. The fraction of sp³-hybridized carbons (Fsp3) is 0.571. The summed E-state index contributed by atoms with van der Waals surface area (Å²) in [5.74, 6) is 0.662. The third-order valence-corrected chi connectivity index (χ3v) is 3.73. The maximum absolute atomic E-state index is 6.35. The summed E-state index contributed by atoms with van der Waals surface area (Å²) in [5, 5.41) is 4.56. The van der Waals surface area contributed by atoms with Crippen molar-refractivity contribution in [3.8, 4) is 0 Å². The molecule has 16 heavy (non-hydrogen) atoms. The molecule has 0 aliphatic heterocycles. The summed E-state index contributed by atoms with van der Waals surface area (Å²) in [7, 11) is 0. The first-order chi connectivity index (χ1) is 7.59. The minimum atomic E-state index is 0.414. The van der Waals surface area contributed by atoms with Crippen molar-refractivity contribution in [3.63, 3.8) is 0 Å². The molecule has 0 aromatic heterocycles. The smallest absolute Gasteiger partial charge is 0.0456 e. The molecule has 1 nitrogen and oxygen atoms in total. The highest BCUT2D eigenvalue weighted by molar-refractivity contribution is 6.31. The maximum Gasteiger partial charge on any atom is 0.0456 e. The van der Waals surface area contributed by atoms with Gasteiger partial charge in [-0.3, -0.25) is 0 Å². The van der Waals surface area contributed by atoms with E-state index >= 15 is 0 Å². The van der Waals surface area contributed by atoms with Gasteiger partial charge in [0.1, 0.15) is 0 Å². The maximum atomic E-state index is 6.35. The Kier molecular flexibility index (Phi) is 3.56. The molecule has 2 atom stereocenters. The van der Waals surface area contributed by atoms with E-state index in [-0.39, 0.29) is 0 Å². The molecule has 2 rings (SSSR count). The van der Waals surface area contributed by atoms with Crippen molar-refractivity contribution in [1.29, 1.82) is 0 Å². The van der Waals surface area contributed by atoms with Crippen molar-refractivity contribution >= 4 is 11.6 Å². The Balaban J connectivity index is 2.38. The Morgan fingerprint density at radius 2 is 2.12 bits per heavy atom. The first-order valence-electron chi connectivity index (χ1n) is 6.13. The zero-order valence-corrected chi connectivity index (χ0v) is 11.0. The normalized spacial score (nSPS) is 24.6. The standard InChI is InChI=1S/C14H20ClN/c1-9(2)16-14-10(3)7-8-11-5-4-6-12(15)13(11)14/h4-6,9-10,14,16H,7-8H2,1-3H3. The van der Waals surface area contributed by atoms with E-state index in [9.17, 15) is 0 Å². The lowest BCUT2D eigenvalue weighted by molar-refractivity contribution is 0.324. The summed E-state index contributed by atoms with van der Waals surface area (Å²) in [6.45, 7) is 6.70. The van der Waals surface area contributed by atoms with Crippen LogP contribution in [0, 0.1) is 5.92 Å². The molecule has 0 radical (unpaired) electrons. The molecule has 2 heteroatoms. The van der Waals surface area contributed by atoms with Gasteiger partial charge in [0.05, 0.1) is 0 Å². The Labute approximate surface area is 103 Å². The van der Waals surface area contributed by atoms with Gasteiger partial charge in [-0.15, -0.1) is 0 Å². The lowest BCUT2D eigenvalue weighted by atomic mass is 9.80. The average molecular weight is 238 g/mol. The van der Waals surface area contributed by atoms with Crippen molar-refractivity contribution in [1.82, 2.24) is 5.32 Å². The Morgan fingerprint density at radius 3 is 2.81 bits per heavy atom. The van der Waals surface area contributed by atoms with Crippen LogP contribution in [0.3, 0.4) is 0 Å². The highest BCUT2D eigenvalue weighted by atomic mass is 35.5. The van der Waals surface area contributed by atoms with E-state index in [2.05, 4.69) is 38.2 Å². The fourth-order valence-electron chi connectivity index (χ4n) is 2.59. The summed E-state index contributed by atoms with van der Waals surface area (Å²) < 4.78 is 0. The molecule has 1 N–H and O–H groups in total. The number of hydrogen-bond acceptors (Lipinski definition) is 1. The summed E-state index contributed by atoms with van der Waals surface area (Å²) in [6, 6.07) is 7.19. The zero-order chi connectivity index (χ0) is 11.7. The zero-order valence-electron chi connectivity index (χ0n) is 10.3. The second-order valence-electron chi connectivity index (χ2n) is 5.13.